The molecule has 1 rings (SSSR count). The van der Waals surface area contributed by atoms with E-state index in [1.165, 1.54) is 21.0 Å². The summed E-state index contributed by atoms with van der Waals surface area (Å²) in [6.45, 7) is 6.42. The average Bonchev–Trinajstić information content (AvgIpc) is 2.69. The van der Waals surface area contributed by atoms with Gasteiger partial charge in [0.25, 0.3) is 0 Å². The topological polar surface area (TPSA) is 97.6 Å². The molecule has 21 heavy (non-hydrogen) atoms. The fourth-order valence-corrected chi connectivity index (χ4v) is 3.28. The van der Waals surface area contributed by atoms with Crippen LogP contribution in [0.5, 0.6) is 0 Å². The van der Waals surface area contributed by atoms with Crippen molar-refractivity contribution in [3.63, 3.8) is 0 Å². The zero-order chi connectivity index (χ0) is 15.3. The third kappa shape index (κ3) is 4.70. The molecule has 0 aliphatic carbocycles. The van der Waals surface area contributed by atoms with Crippen LogP contribution in [0.1, 0.15) is 28.8 Å². The first-order valence-corrected chi connectivity index (χ1v) is 7.72. The zero-order valence-corrected chi connectivity index (χ0v) is 14.1. The predicted octanol–water partition coefficient (Wildman–Crippen LogP) is 0.993. The molecule has 0 aliphatic heterocycles. The van der Waals surface area contributed by atoms with Crippen LogP contribution >= 0.6 is 12.4 Å². The molecule has 1 heterocycles. The maximum atomic E-state index is 12.3. The molecule has 0 unspecified atom stereocenters. The van der Waals surface area contributed by atoms with Crippen molar-refractivity contribution in [1.29, 1.82) is 0 Å². The SMILES string of the molecule is CCNCCNS(=O)(=O)c1c(C)oc(C)c1C(=O)OC.Cl. The van der Waals surface area contributed by atoms with Gasteiger partial charge in [0.1, 0.15) is 22.0 Å². The van der Waals surface area contributed by atoms with E-state index < -0.39 is 16.0 Å². The molecule has 0 fully saturated rings. The number of rotatable bonds is 7. The lowest BCUT2D eigenvalue weighted by atomic mass is 10.2. The first-order valence-electron chi connectivity index (χ1n) is 6.23. The Morgan fingerprint density at radius 1 is 1.24 bits per heavy atom. The first-order chi connectivity index (χ1) is 9.35. The summed E-state index contributed by atoms with van der Waals surface area (Å²) in [5.41, 5.74) is -0.0547. The molecule has 122 valence electrons. The van der Waals surface area contributed by atoms with Gasteiger partial charge in [-0.05, 0) is 20.4 Å². The molecule has 0 aliphatic rings. The largest absolute Gasteiger partial charge is 0.465 e. The molecule has 7 nitrogen and oxygen atoms in total. The molecule has 2 N–H and O–H groups in total. The fourth-order valence-electron chi connectivity index (χ4n) is 1.85. The van der Waals surface area contributed by atoms with Crippen molar-refractivity contribution in [2.45, 2.75) is 25.7 Å². The van der Waals surface area contributed by atoms with E-state index in [2.05, 4.69) is 14.8 Å². The number of carbonyl (C=O) groups excluding carboxylic acids is 1. The van der Waals surface area contributed by atoms with Crippen LogP contribution in [0.25, 0.3) is 0 Å². The molecule has 1 aromatic heterocycles. The van der Waals surface area contributed by atoms with Gasteiger partial charge in [0.2, 0.25) is 10.0 Å². The van der Waals surface area contributed by atoms with Crippen molar-refractivity contribution in [1.82, 2.24) is 10.0 Å². The Bertz CT molecular complexity index is 583. The molecule has 1 aromatic rings. The molecule has 0 atom stereocenters. The van der Waals surface area contributed by atoms with E-state index in [1.54, 1.807) is 0 Å². The number of carbonyl (C=O) groups is 1. The Labute approximate surface area is 130 Å². The molecule has 0 spiro atoms. The van der Waals surface area contributed by atoms with Gasteiger partial charge in [0.05, 0.1) is 7.11 Å². The Morgan fingerprint density at radius 2 is 1.86 bits per heavy atom. The average molecular weight is 341 g/mol. The minimum atomic E-state index is -3.82. The maximum absolute atomic E-state index is 12.3. The molecular formula is C12H21ClN2O5S. The highest BCUT2D eigenvalue weighted by atomic mass is 35.5. The zero-order valence-electron chi connectivity index (χ0n) is 12.5. The highest BCUT2D eigenvalue weighted by Gasteiger charge is 2.31. The smallest absolute Gasteiger partial charge is 0.342 e. The predicted molar refractivity (Wildman–Crippen MR) is 80.5 cm³/mol. The van der Waals surface area contributed by atoms with Crippen molar-refractivity contribution in [2.24, 2.45) is 0 Å². The minimum Gasteiger partial charge on any atom is -0.465 e. The van der Waals surface area contributed by atoms with Gasteiger partial charge in [-0.2, -0.15) is 0 Å². The van der Waals surface area contributed by atoms with Crippen LogP contribution in [-0.2, 0) is 14.8 Å². The number of furan rings is 1. The number of ether oxygens (including phenoxy) is 1. The number of sulfonamides is 1. The monoisotopic (exact) mass is 340 g/mol. The molecule has 0 radical (unpaired) electrons. The number of esters is 1. The van der Waals surface area contributed by atoms with E-state index in [1.807, 2.05) is 6.92 Å². The van der Waals surface area contributed by atoms with Crippen molar-refractivity contribution in [3.8, 4) is 0 Å². The number of hydrogen-bond donors (Lipinski definition) is 2. The summed E-state index contributed by atoms with van der Waals surface area (Å²) < 4.78 is 36.8. The van der Waals surface area contributed by atoms with Crippen LogP contribution in [0, 0.1) is 13.8 Å². The third-order valence-corrected chi connectivity index (χ3v) is 4.32. The van der Waals surface area contributed by atoms with Gasteiger partial charge >= 0.3 is 5.97 Å². The summed E-state index contributed by atoms with van der Waals surface area (Å²) in [4.78, 5) is 11.6. The summed E-state index contributed by atoms with van der Waals surface area (Å²) in [5.74, 6) is -0.341. The summed E-state index contributed by atoms with van der Waals surface area (Å²) in [6.07, 6.45) is 0. The van der Waals surface area contributed by atoms with Crippen LogP contribution in [0.3, 0.4) is 0 Å². The number of hydrogen-bond acceptors (Lipinski definition) is 6. The van der Waals surface area contributed by atoms with Crippen molar-refractivity contribution < 1.29 is 22.4 Å². The van der Waals surface area contributed by atoms with E-state index in [4.69, 9.17) is 4.42 Å². The molecule has 0 amide bonds. The second kappa shape index (κ2) is 8.38. The van der Waals surface area contributed by atoms with Gasteiger partial charge in [-0.3, -0.25) is 0 Å². The number of aryl methyl sites for hydroxylation is 2. The lowest BCUT2D eigenvalue weighted by Crippen LogP contribution is -2.32. The van der Waals surface area contributed by atoms with Crippen molar-refractivity contribution in [3.05, 3.63) is 17.1 Å². The fraction of sp³-hybridized carbons (Fsp3) is 0.583. The van der Waals surface area contributed by atoms with Crippen LogP contribution in [0.4, 0.5) is 0 Å². The second-order valence-electron chi connectivity index (χ2n) is 4.16. The van der Waals surface area contributed by atoms with Crippen LogP contribution < -0.4 is 10.0 Å². The molecule has 0 aromatic carbocycles. The van der Waals surface area contributed by atoms with Crippen molar-refractivity contribution >= 4 is 28.4 Å². The standard InChI is InChI=1S/C12H20N2O5S.ClH/c1-5-13-6-7-14-20(16,17)11-9(3)19-8(2)10(11)12(15)18-4;/h13-14H,5-7H2,1-4H3;1H. The first kappa shape index (κ1) is 19.9. The van der Waals surface area contributed by atoms with Crippen molar-refractivity contribution in [2.75, 3.05) is 26.7 Å². The summed E-state index contributed by atoms with van der Waals surface area (Å²) in [6, 6.07) is 0. The number of nitrogens with one attached hydrogen (secondary N) is 2. The molecule has 0 saturated heterocycles. The van der Waals surface area contributed by atoms with Crippen LogP contribution in [0.2, 0.25) is 0 Å². The van der Waals surface area contributed by atoms with E-state index in [-0.39, 0.29) is 40.9 Å². The maximum Gasteiger partial charge on any atom is 0.342 e. The van der Waals surface area contributed by atoms with Gasteiger partial charge in [-0.15, -0.1) is 12.4 Å². The lowest BCUT2D eigenvalue weighted by molar-refractivity contribution is 0.0595. The second-order valence-corrected chi connectivity index (χ2v) is 5.87. The summed E-state index contributed by atoms with van der Waals surface area (Å²) >= 11 is 0. The normalized spacial score (nSPS) is 11.0. The van der Waals surface area contributed by atoms with Gasteiger partial charge in [0.15, 0.2) is 0 Å². The highest BCUT2D eigenvalue weighted by Crippen LogP contribution is 2.26. The Balaban J connectivity index is 0.00000400. The minimum absolute atomic E-state index is 0. The number of halogens is 1. The lowest BCUT2D eigenvalue weighted by Gasteiger charge is -2.08. The Hall–Kier alpha value is -1.09. The quantitative estimate of drug-likeness (QED) is 0.567. The summed E-state index contributed by atoms with van der Waals surface area (Å²) in [5, 5.41) is 3.00. The molecule has 0 bridgehead atoms. The molecular weight excluding hydrogens is 320 g/mol. The highest BCUT2D eigenvalue weighted by molar-refractivity contribution is 7.89. The van der Waals surface area contributed by atoms with E-state index >= 15 is 0 Å². The molecule has 0 saturated carbocycles. The van der Waals surface area contributed by atoms with Crippen LogP contribution in [-0.4, -0.2) is 41.1 Å². The van der Waals surface area contributed by atoms with Gasteiger partial charge < -0.3 is 14.5 Å². The van der Waals surface area contributed by atoms with E-state index in [9.17, 15) is 13.2 Å². The Kier molecular flexibility index (Phi) is 7.94. The van der Waals surface area contributed by atoms with Gasteiger partial charge in [-0.25, -0.2) is 17.9 Å². The number of methoxy groups -OCH3 is 1. The van der Waals surface area contributed by atoms with Crippen LogP contribution in [0.15, 0.2) is 9.31 Å². The van der Waals surface area contributed by atoms with Gasteiger partial charge in [-0.1, -0.05) is 6.92 Å². The van der Waals surface area contributed by atoms with Gasteiger partial charge in [0, 0.05) is 13.1 Å². The Morgan fingerprint density at radius 3 is 2.38 bits per heavy atom. The van der Waals surface area contributed by atoms with E-state index in [0.717, 1.165) is 6.54 Å². The number of likely N-dealkylation sites (N-methyl/N-ethyl adjacent to an activating group) is 1. The molecule has 9 heteroatoms. The third-order valence-electron chi connectivity index (χ3n) is 2.71. The van der Waals surface area contributed by atoms with E-state index in [0.29, 0.717) is 6.54 Å². The summed E-state index contributed by atoms with van der Waals surface area (Å²) in [7, 11) is -2.63.